The van der Waals surface area contributed by atoms with E-state index in [0.717, 1.165) is 10.6 Å². The van der Waals surface area contributed by atoms with E-state index in [1.54, 1.807) is 19.2 Å². The number of hydrogen-bond acceptors (Lipinski definition) is 9. The first-order valence-electron chi connectivity index (χ1n) is 12.3. The van der Waals surface area contributed by atoms with E-state index < -0.39 is 71.6 Å². The third-order valence-electron chi connectivity index (χ3n) is 6.12. The molecule has 0 aliphatic carbocycles. The van der Waals surface area contributed by atoms with Crippen molar-refractivity contribution in [1.29, 1.82) is 0 Å². The highest BCUT2D eigenvalue weighted by atomic mass is 19.4. The Morgan fingerprint density at radius 2 is 2.07 bits per heavy atom. The van der Waals surface area contributed by atoms with Gasteiger partial charge in [0.2, 0.25) is 0 Å². The first-order valence-corrected chi connectivity index (χ1v) is 12.3. The maximum Gasteiger partial charge on any atom is 0.471 e. The van der Waals surface area contributed by atoms with Crippen LogP contribution in [0, 0.1) is 27.9 Å². The molecule has 1 saturated heterocycles. The van der Waals surface area contributed by atoms with Crippen molar-refractivity contribution in [2.75, 3.05) is 13.2 Å². The zero-order chi connectivity index (χ0) is 30.5. The van der Waals surface area contributed by atoms with Crippen LogP contribution in [0.3, 0.4) is 0 Å². The Bertz CT molecular complexity index is 1460. The molecule has 2 aromatic rings. The minimum Gasteiger partial charge on any atom is -0.394 e. The fourth-order valence-electron chi connectivity index (χ4n) is 4.11. The quantitative estimate of drug-likeness (QED) is 0.190. The molecule has 0 radical (unpaired) electrons. The summed E-state index contributed by atoms with van der Waals surface area (Å²) in [6, 6.07) is 3.88. The molecule has 13 nitrogen and oxygen atoms in total. The van der Waals surface area contributed by atoms with Crippen LogP contribution < -0.4 is 16.6 Å². The SMILES string of the molecule is CC(C)[C@H](OCc1cn([C@H]2C[C@@H](O)[C@@H](CO)O2)c(=O)[nH]c1=O)c1ccc(C#CCNC(=O)C(F)(F)F)cc1[N+](=O)[O-]. The molecule has 4 atom stereocenters. The molecule has 1 fully saturated rings. The molecule has 16 heteroatoms. The molecule has 0 unspecified atom stereocenters. The maximum absolute atomic E-state index is 12.5. The number of carbonyl (C=O) groups excluding carboxylic acids is 1. The second-order valence-electron chi connectivity index (χ2n) is 9.42. The number of hydrogen-bond donors (Lipinski definition) is 4. The molecule has 1 aromatic carbocycles. The van der Waals surface area contributed by atoms with Gasteiger partial charge < -0.3 is 25.0 Å². The Labute approximate surface area is 230 Å². The number of aliphatic hydroxyl groups is 2. The first-order chi connectivity index (χ1) is 19.2. The summed E-state index contributed by atoms with van der Waals surface area (Å²) in [6.45, 7) is 1.97. The summed E-state index contributed by atoms with van der Waals surface area (Å²) >= 11 is 0. The predicted molar refractivity (Wildman–Crippen MR) is 134 cm³/mol. The van der Waals surface area contributed by atoms with E-state index in [4.69, 9.17) is 9.47 Å². The van der Waals surface area contributed by atoms with Gasteiger partial charge in [-0.2, -0.15) is 13.2 Å². The third-order valence-corrected chi connectivity index (χ3v) is 6.12. The number of nitro benzene ring substituents is 1. The van der Waals surface area contributed by atoms with Crippen LogP contribution >= 0.6 is 0 Å². The molecule has 0 saturated carbocycles. The van der Waals surface area contributed by atoms with Crippen LogP contribution in [0.5, 0.6) is 0 Å². The summed E-state index contributed by atoms with van der Waals surface area (Å²) in [5.41, 5.74) is -1.72. The molecule has 1 aliphatic heterocycles. The monoisotopic (exact) mass is 584 g/mol. The van der Waals surface area contributed by atoms with E-state index >= 15 is 0 Å². The molecule has 1 amide bonds. The summed E-state index contributed by atoms with van der Waals surface area (Å²) in [4.78, 5) is 49.0. The Morgan fingerprint density at radius 3 is 2.66 bits per heavy atom. The highest BCUT2D eigenvalue weighted by Crippen LogP contribution is 2.34. The van der Waals surface area contributed by atoms with Crippen molar-refractivity contribution in [3.8, 4) is 11.8 Å². The van der Waals surface area contributed by atoms with Gasteiger partial charge in [0.15, 0.2) is 0 Å². The molecular formula is C25H27F3N4O9. The highest BCUT2D eigenvalue weighted by molar-refractivity contribution is 5.81. The fourth-order valence-corrected chi connectivity index (χ4v) is 4.11. The Hall–Kier alpha value is -4.04. The molecule has 4 N–H and O–H groups in total. The molecule has 41 heavy (non-hydrogen) atoms. The lowest BCUT2D eigenvalue weighted by atomic mass is 9.96. The van der Waals surface area contributed by atoms with Crippen LogP contribution in [-0.4, -0.2) is 62.1 Å². The zero-order valence-electron chi connectivity index (χ0n) is 21.8. The lowest BCUT2D eigenvalue weighted by Gasteiger charge is -2.22. The number of aromatic amines is 1. The number of aliphatic hydroxyl groups excluding tert-OH is 2. The van der Waals surface area contributed by atoms with Gasteiger partial charge in [0.05, 0.1) is 48.0 Å². The van der Waals surface area contributed by atoms with Crippen molar-refractivity contribution in [3.05, 3.63) is 72.0 Å². The number of ether oxygens (including phenoxy) is 2. The molecule has 1 aliphatic rings. The number of H-pyrrole nitrogens is 1. The average molecular weight is 585 g/mol. The standard InChI is InChI=1S/C25H27F3N4O9/c1-13(2)21(16-6-5-14(8-17(16)32(38)39)4-3-7-29-23(36)25(26,27)28)40-12-15-10-31(24(37)30-22(15)35)20-9-18(34)19(11-33)41-20/h5-6,8,10,13,18-21,33-34H,7,9,11-12H2,1-2H3,(H,29,36)(H,30,35,37)/t18-,19-,20-,21+/m1/s1. The molecule has 2 heterocycles. The number of halogens is 3. The van der Waals surface area contributed by atoms with Crippen LogP contribution in [0.2, 0.25) is 0 Å². The Kier molecular flexibility index (Phi) is 10.0. The minimum absolute atomic E-state index is 0.00756. The summed E-state index contributed by atoms with van der Waals surface area (Å²) in [7, 11) is 0. The number of alkyl halides is 3. The normalized spacial score (nSPS) is 19.5. The number of aromatic nitrogens is 2. The van der Waals surface area contributed by atoms with Crippen molar-refractivity contribution in [1.82, 2.24) is 14.9 Å². The lowest BCUT2D eigenvalue weighted by Crippen LogP contribution is -2.36. The molecule has 0 bridgehead atoms. The van der Waals surface area contributed by atoms with E-state index in [2.05, 4.69) is 16.8 Å². The number of nitro groups is 1. The second kappa shape index (κ2) is 13.1. The number of carbonyl (C=O) groups is 1. The van der Waals surface area contributed by atoms with E-state index in [9.17, 15) is 47.9 Å². The lowest BCUT2D eigenvalue weighted by molar-refractivity contribution is -0.386. The maximum atomic E-state index is 12.5. The van der Waals surface area contributed by atoms with E-state index in [1.807, 2.05) is 0 Å². The summed E-state index contributed by atoms with van der Waals surface area (Å²) in [5, 5.41) is 32.7. The van der Waals surface area contributed by atoms with Crippen molar-refractivity contribution in [3.63, 3.8) is 0 Å². The third kappa shape index (κ3) is 7.79. The fraction of sp³-hybridized carbons (Fsp3) is 0.480. The van der Waals surface area contributed by atoms with E-state index in [0.29, 0.717) is 0 Å². The van der Waals surface area contributed by atoms with Crippen LogP contribution in [-0.2, 0) is 20.9 Å². The first kappa shape index (κ1) is 31.5. The smallest absolute Gasteiger partial charge is 0.394 e. The van der Waals surface area contributed by atoms with Crippen molar-refractivity contribution in [2.24, 2.45) is 5.92 Å². The summed E-state index contributed by atoms with van der Waals surface area (Å²) in [5.74, 6) is 2.25. The van der Waals surface area contributed by atoms with Gasteiger partial charge in [0.25, 0.3) is 11.2 Å². The highest BCUT2D eigenvalue weighted by Gasteiger charge is 2.38. The average Bonchev–Trinajstić information content (AvgIpc) is 3.27. The van der Waals surface area contributed by atoms with Crippen molar-refractivity contribution >= 4 is 11.6 Å². The molecule has 1 aromatic heterocycles. The number of rotatable bonds is 9. The van der Waals surface area contributed by atoms with Gasteiger partial charge in [-0.1, -0.05) is 25.7 Å². The number of nitrogens with zero attached hydrogens (tertiary/aromatic N) is 2. The van der Waals surface area contributed by atoms with Gasteiger partial charge in [-0.15, -0.1) is 0 Å². The predicted octanol–water partition coefficient (Wildman–Crippen LogP) is 1.03. The molecule has 222 valence electrons. The number of amides is 1. The minimum atomic E-state index is -5.06. The summed E-state index contributed by atoms with van der Waals surface area (Å²) in [6.07, 6.45) is -7.68. The van der Waals surface area contributed by atoms with E-state index in [-0.39, 0.29) is 35.6 Å². The number of nitrogens with one attached hydrogen (secondary N) is 2. The van der Waals surface area contributed by atoms with Gasteiger partial charge in [-0.05, 0) is 18.1 Å². The van der Waals surface area contributed by atoms with Crippen molar-refractivity contribution < 1.29 is 42.6 Å². The van der Waals surface area contributed by atoms with Crippen LogP contribution in [0.1, 0.15) is 49.3 Å². The Morgan fingerprint density at radius 1 is 1.37 bits per heavy atom. The van der Waals surface area contributed by atoms with Gasteiger partial charge in [-0.25, -0.2) is 4.79 Å². The molecule has 3 rings (SSSR count). The summed E-state index contributed by atoms with van der Waals surface area (Å²) < 4.78 is 49.2. The Balaban J connectivity index is 1.82. The molecular weight excluding hydrogens is 557 g/mol. The van der Waals surface area contributed by atoms with E-state index in [1.165, 1.54) is 18.3 Å². The zero-order valence-corrected chi connectivity index (χ0v) is 21.8. The van der Waals surface area contributed by atoms with Gasteiger partial charge in [0, 0.05) is 24.2 Å². The number of benzene rings is 1. The largest absolute Gasteiger partial charge is 0.471 e. The van der Waals surface area contributed by atoms with Gasteiger partial charge >= 0.3 is 17.8 Å². The van der Waals surface area contributed by atoms with Gasteiger partial charge in [-0.3, -0.25) is 29.3 Å². The van der Waals surface area contributed by atoms with Crippen LogP contribution in [0.15, 0.2) is 34.0 Å². The van der Waals surface area contributed by atoms with Crippen LogP contribution in [0.25, 0.3) is 0 Å². The second-order valence-corrected chi connectivity index (χ2v) is 9.42. The topological polar surface area (TPSA) is 186 Å². The van der Waals surface area contributed by atoms with Crippen molar-refractivity contribution in [2.45, 2.75) is 57.6 Å². The van der Waals surface area contributed by atoms with Gasteiger partial charge in [0.1, 0.15) is 12.3 Å². The molecule has 0 spiro atoms. The van der Waals surface area contributed by atoms with Crippen LogP contribution in [0.4, 0.5) is 18.9 Å².